The van der Waals surface area contributed by atoms with Crippen LogP contribution in [-0.4, -0.2) is 56.4 Å². The molecular weight excluding hydrogens is 348 g/mol. The van der Waals surface area contributed by atoms with Crippen molar-refractivity contribution in [2.45, 2.75) is 18.9 Å². The summed E-state index contributed by atoms with van der Waals surface area (Å²) in [6.45, 7) is 0.736. The summed E-state index contributed by atoms with van der Waals surface area (Å²) < 4.78 is 27.7. The van der Waals surface area contributed by atoms with E-state index >= 15 is 0 Å². The van der Waals surface area contributed by atoms with E-state index in [2.05, 4.69) is 10.6 Å². The van der Waals surface area contributed by atoms with Crippen molar-refractivity contribution >= 4 is 27.6 Å². The molecule has 9 heteroatoms. The van der Waals surface area contributed by atoms with Gasteiger partial charge in [0.2, 0.25) is 0 Å². The molecule has 1 atom stereocenters. The average molecular weight is 368 g/mol. The van der Waals surface area contributed by atoms with Crippen LogP contribution >= 0.6 is 0 Å². The zero-order valence-electron chi connectivity index (χ0n) is 13.8. The third-order valence-corrected chi connectivity index (χ3v) is 5.64. The Morgan fingerprint density at radius 2 is 1.88 bits per heavy atom. The number of esters is 1. The van der Waals surface area contributed by atoms with E-state index in [-0.39, 0.29) is 18.1 Å². The SMILES string of the molecule is C[C@@]1(NC(=O)COC(=O)CNC(=O)c2ccccc2)CCS(=O)(=O)C1. The Morgan fingerprint density at radius 1 is 1.20 bits per heavy atom. The van der Waals surface area contributed by atoms with Crippen molar-refractivity contribution in [1.29, 1.82) is 0 Å². The van der Waals surface area contributed by atoms with Crippen molar-refractivity contribution in [2.24, 2.45) is 0 Å². The minimum absolute atomic E-state index is 0.0229. The van der Waals surface area contributed by atoms with Crippen LogP contribution in [0.15, 0.2) is 30.3 Å². The second-order valence-corrected chi connectivity index (χ2v) is 8.34. The van der Waals surface area contributed by atoms with E-state index in [1.807, 2.05) is 0 Å². The van der Waals surface area contributed by atoms with Crippen LogP contribution in [0.3, 0.4) is 0 Å². The molecule has 8 nitrogen and oxygen atoms in total. The van der Waals surface area contributed by atoms with Crippen LogP contribution < -0.4 is 10.6 Å². The minimum atomic E-state index is -3.15. The van der Waals surface area contributed by atoms with Crippen molar-refractivity contribution in [3.8, 4) is 0 Å². The number of nitrogens with one attached hydrogen (secondary N) is 2. The van der Waals surface area contributed by atoms with Crippen LogP contribution in [-0.2, 0) is 24.2 Å². The lowest BCUT2D eigenvalue weighted by atomic mass is 10.0. The molecule has 2 N–H and O–H groups in total. The van der Waals surface area contributed by atoms with Gasteiger partial charge in [-0.1, -0.05) is 18.2 Å². The highest BCUT2D eigenvalue weighted by Crippen LogP contribution is 2.22. The first-order chi connectivity index (χ1) is 11.7. The zero-order valence-corrected chi connectivity index (χ0v) is 14.6. The summed E-state index contributed by atoms with van der Waals surface area (Å²) >= 11 is 0. The molecule has 1 aromatic rings. The van der Waals surface area contributed by atoms with Crippen molar-refractivity contribution in [2.75, 3.05) is 24.7 Å². The number of carbonyl (C=O) groups is 3. The highest BCUT2D eigenvalue weighted by molar-refractivity contribution is 7.91. The van der Waals surface area contributed by atoms with Gasteiger partial charge in [-0.3, -0.25) is 14.4 Å². The van der Waals surface area contributed by atoms with E-state index in [0.717, 1.165) is 0 Å². The number of hydrogen-bond donors (Lipinski definition) is 2. The molecule has 2 amide bonds. The summed E-state index contributed by atoms with van der Waals surface area (Å²) in [5.74, 6) is -1.88. The van der Waals surface area contributed by atoms with Gasteiger partial charge in [0, 0.05) is 5.56 Å². The molecule has 1 fully saturated rings. The topological polar surface area (TPSA) is 119 Å². The smallest absolute Gasteiger partial charge is 0.325 e. The van der Waals surface area contributed by atoms with E-state index in [1.165, 1.54) is 0 Å². The molecule has 0 bridgehead atoms. The molecule has 1 saturated heterocycles. The van der Waals surface area contributed by atoms with Gasteiger partial charge in [-0.25, -0.2) is 8.42 Å². The van der Waals surface area contributed by atoms with Gasteiger partial charge in [0.25, 0.3) is 11.8 Å². The van der Waals surface area contributed by atoms with E-state index in [0.29, 0.717) is 12.0 Å². The van der Waals surface area contributed by atoms with Crippen molar-refractivity contribution in [1.82, 2.24) is 10.6 Å². The lowest BCUT2D eigenvalue weighted by molar-refractivity contribution is -0.147. The first-order valence-corrected chi connectivity index (χ1v) is 9.52. The highest BCUT2D eigenvalue weighted by Gasteiger charge is 2.39. The average Bonchev–Trinajstić information content (AvgIpc) is 2.84. The standard InChI is InChI=1S/C16H20N2O6S/c1-16(7-8-25(22,23)11-16)18-13(19)10-24-14(20)9-17-15(21)12-5-3-2-4-6-12/h2-6H,7-11H2,1H3,(H,17,21)(H,18,19)/t16-/m1/s1. The van der Waals surface area contributed by atoms with Crippen LogP contribution in [0.5, 0.6) is 0 Å². The summed E-state index contributed by atoms with van der Waals surface area (Å²) in [7, 11) is -3.15. The van der Waals surface area contributed by atoms with Gasteiger partial charge < -0.3 is 15.4 Å². The fourth-order valence-corrected chi connectivity index (χ4v) is 4.62. The largest absolute Gasteiger partial charge is 0.454 e. The Bertz CT molecular complexity index is 762. The third kappa shape index (κ3) is 5.86. The maximum atomic E-state index is 11.8. The Morgan fingerprint density at radius 3 is 2.48 bits per heavy atom. The summed E-state index contributed by atoms with van der Waals surface area (Å²) in [6, 6.07) is 8.36. The molecule has 0 aromatic heterocycles. The number of hydrogen-bond acceptors (Lipinski definition) is 6. The van der Waals surface area contributed by atoms with Crippen molar-refractivity contribution < 1.29 is 27.5 Å². The van der Waals surface area contributed by atoms with E-state index in [4.69, 9.17) is 4.74 Å². The Hall–Kier alpha value is -2.42. The summed E-state index contributed by atoms with van der Waals surface area (Å²) in [5, 5.41) is 4.96. The second kappa shape index (κ2) is 7.64. The molecule has 1 heterocycles. The maximum Gasteiger partial charge on any atom is 0.325 e. The fourth-order valence-electron chi connectivity index (χ4n) is 2.52. The molecule has 1 aromatic carbocycles. The third-order valence-electron chi connectivity index (χ3n) is 3.74. The Kier molecular flexibility index (Phi) is 5.78. The maximum absolute atomic E-state index is 11.8. The van der Waals surface area contributed by atoms with E-state index < -0.39 is 39.8 Å². The predicted molar refractivity (Wildman–Crippen MR) is 89.6 cm³/mol. The van der Waals surface area contributed by atoms with Crippen molar-refractivity contribution in [3.05, 3.63) is 35.9 Å². The van der Waals surface area contributed by atoms with Crippen LogP contribution in [0.2, 0.25) is 0 Å². The Labute approximate surface area is 145 Å². The molecule has 136 valence electrons. The number of carbonyl (C=O) groups excluding carboxylic acids is 3. The molecule has 0 aliphatic carbocycles. The lowest BCUT2D eigenvalue weighted by Gasteiger charge is -2.23. The van der Waals surface area contributed by atoms with Crippen LogP contribution in [0.4, 0.5) is 0 Å². The zero-order chi connectivity index (χ0) is 18.5. The summed E-state index contributed by atoms with van der Waals surface area (Å²) in [6.07, 6.45) is 0.322. The molecule has 2 rings (SSSR count). The number of benzene rings is 1. The van der Waals surface area contributed by atoms with Crippen LogP contribution in [0, 0.1) is 0 Å². The van der Waals surface area contributed by atoms with Gasteiger partial charge in [0.05, 0.1) is 17.0 Å². The minimum Gasteiger partial charge on any atom is -0.454 e. The molecule has 0 radical (unpaired) electrons. The van der Waals surface area contributed by atoms with Crippen molar-refractivity contribution in [3.63, 3.8) is 0 Å². The number of sulfone groups is 1. The van der Waals surface area contributed by atoms with Gasteiger partial charge in [-0.15, -0.1) is 0 Å². The van der Waals surface area contributed by atoms with Crippen LogP contribution in [0.25, 0.3) is 0 Å². The number of amides is 2. The van der Waals surface area contributed by atoms with Gasteiger partial charge in [-0.2, -0.15) is 0 Å². The van der Waals surface area contributed by atoms with E-state index in [9.17, 15) is 22.8 Å². The normalized spacial score (nSPS) is 21.3. The monoisotopic (exact) mass is 368 g/mol. The number of rotatable bonds is 6. The lowest BCUT2D eigenvalue weighted by Crippen LogP contribution is -2.48. The molecule has 0 saturated carbocycles. The molecule has 25 heavy (non-hydrogen) atoms. The summed E-state index contributed by atoms with van der Waals surface area (Å²) in [5.41, 5.74) is -0.437. The van der Waals surface area contributed by atoms with Gasteiger partial charge in [-0.05, 0) is 25.5 Å². The van der Waals surface area contributed by atoms with Gasteiger partial charge in [0.1, 0.15) is 6.54 Å². The first kappa shape index (κ1) is 18.9. The highest BCUT2D eigenvalue weighted by atomic mass is 32.2. The van der Waals surface area contributed by atoms with Gasteiger partial charge in [0.15, 0.2) is 16.4 Å². The van der Waals surface area contributed by atoms with Crippen LogP contribution in [0.1, 0.15) is 23.7 Å². The fraction of sp³-hybridized carbons (Fsp3) is 0.438. The van der Waals surface area contributed by atoms with Gasteiger partial charge >= 0.3 is 5.97 Å². The Balaban J connectivity index is 1.71. The molecule has 0 spiro atoms. The second-order valence-electron chi connectivity index (χ2n) is 6.16. The molecule has 1 aliphatic rings. The summed E-state index contributed by atoms with van der Waals surface area (Å²) in [4.78, 5) is 35.2. The molecule has 1 aliphatic heterocycles. The predicted octanol–water partition coefficient (Wildman–Crippen LogP) is -0.347. The number of ether oxygens (including phenoxy) is 1. The first-order valence-electron chi connectivity index (χ1n) is 7.69. The van der Waals surface area contributed by atoms with E-state index in [1.54, 1.807) is 37.3 Å². The molecule has 0 unspecified atom stereocenters. The quantitative estimate of drug-likeness (QED) is 0.663. The molecular formula is C16H20N2O6S.